The number of primary amides is 1. The van der Waals surface area contributed by atoms with Crippen molar-refractivity contribution in [1.29, 1.82) is 0 Å². The largest absolute Gasteiger partial charge is 0.490 e. The monoisotopic (exact) mass is 684 g/mol. The number of likely N-dealkylation sites (tertiary alicyclic amines) is 1. The molecule has 14 heteroatoms. The van der Waals surface area contributed by atoms with Crippen LogP contribution in [0.5, 0.6) is 11.5 Å². The second-order valence-corrected chi connectivity index (χ2v) is 14.4. The highest BCUT2D eigenvalue weighted by molar-refractivity contribution is 7.92. The number of carboxylic acid groups (broad SMARTS) is 1. The Hall–Kier alpha value is -4.85. The molecule has 1 aliphatic heterocycles. The van der Waals surface area contributed by atoms with Gasteiger partial charge in [0, 0.05) is 17.9 Å². The van der Waals surface area contributed by atoms with Gasteiger partial charge in [-0.3, -0.25) is 14.9 Å². The predicted octanol–water partition coefficient (Wildman–Crippen LogP) is 5.90. The fourth-order valence-electron chi connectivity index (χ4n) is 5.62. The van der Waals surface area contributed by atoms with Gasteiger partial charge in [0.25, 0.3) is 5.91 Å². The maximum atomic E-state index is 14.7. The van der Waals surface area contributed by atoms with Crippen molar-refractivity contribution in [2.24, 2.45) is 5.73 Å². The Morgan fingerprint density at radius 2 is 1.73 bits per heavy atom. The van der Waals surface area contributed by atoms with Crippen LogP contribution in [0.15, 0.2) is 59.5 Å². The molecule has 2 atom stereocenters. The molecule has 0 aromatic heterocycles. The Bertz CT molecular complexity index is 1800. The van der Waals surface area contributed by atoms with Crippen LogP contribution in [0.3, 0.4) is 0 Å². The molecule has 1 fully saturated rings. The number of anilines is 2. The SMILES string of the molecule is CCOc1cc([C@@H](Nc2ccc(F)c(C(N)=O)c2)C(=O)N2CCC[C@@H]2c2cc(NC(=O)O)ccc2S(=O)(=O)C(C)C)ccc1OC(C)C. The van der Waals surface area contributed by atoms with Gasteiger partial charge in [-0.2, -0.15) is 0 Å². The van der Waals surface area contributed by atoms with E-state index in [0.29, 0.717) is 36.5 Å². The highest BCUT2D eigenvalue weighted by Gasteiger charge is 2.38. The van der Waals surface area contributed by atoms with E-state index in [1.54, 1.807) is 36.9 Å². The van der Waals surface area contributed by atoms with Crippen molar-refractivity contribution in [2.75, 3.05) is 23.8 Å². The number of carbonyl (C=O) groups excluding carboxylic acids is 2. The summed E-state index contributed by atoms with van der Waals surface area (Å²) >= 11 is 0. The Labute approximate surface area is 279 Å². The molecule has 1 saturated heterocycles. The van der Waals surface area contributed by atoms with Gasteiger partial charge in [0.1, 0.15) is 11.9 Å². The quantitative estimate of drug-likeness (QED) is 0.171. The Kier molecular flexibility index (Phi) is 11.2. The molecular weight excluding hydrogens is 643 g/mol. The van der Waals surface area contributed by atoms with Crippen LogP contribution in [0.1, 0.15) is 81.0 Å². The lowest BCUT2D eigenvalue weighted by Gasteiger charge is -2.32. The summed E-state index contributed by atoms with van der Waals surface area (Å²) in [5.74, 6) is -1.41. The molecule has 12 nitrogen and oxygen atoms in total. The normalized spacial score (nSPS) is 15.3. The number of rotatable bonds is 13. The van der Waals surface area contributed by atoms with E-state index in [0.717, 1.165) is 6.07 Å². The van der Waals surface area contributed by atoms with Gasteiger partial charge < -0.3 is 30.5 Å². The minimum Gasteiger partial charge on any atom is -0.490 e. The summed E-state index contributed by atoms with van der Waals surface area (Å²) in [7, 11) is -3.84. The van der Waals surface area contributed by atoms with Crippen molar-refractivity contribution in [1.82, 2.24) is 4.90 Å². The van der Waals surface area contributed by atoms with Gasteiger partial charge in [-0.15, -0.1) is 0 Å². The van der Waals surface area contributed by atoms with E-state index in [4.69, 9.17) is 15.2 Å². The number of nitrogens with two attached hydrogens (primary N) is 1. The third-order valence-corrected chi connectivity index (χ3v) is 10.1. The molecule has 3 aromatic carbocycles. The third kappa shape index (κ3) is 7.98. The van der Waals surface area contributed by atoms with Crippen LogP contribution < -0.4 is 25.8 Å². The molecule has 3 amide bonds. The number of hydrogen-bond acceptors (Lipinski definition) is 8. The number of sulfone groups is 1. The van der Waals surface area contributed by atoms with Crippen LogP contribution in [0.4, 0.5) is 20.6 Å². The first-order chi connectivity index (χ1) is 22.6. The van der Waals surface area contributed by atoms with Crippen molar-refractivity contribution in [3.8, 4) is 11.5 Å². The number of halogens is 1. The maximum Gasteiger partial charge on any atom is 0.409 e. The van der Waals surface area contributed by atoms with E-state index in [1.807, 2.05) is 20.8 Å². The number of nitrogens with zero attached hydrogens (tertiary/aromatic N) is 1. The fraction of sp³-hybridized carbons (Fsp3) is 0.382. The van der Waals surface area contributed by atoms with Gasteiger partial charge in [0.05, 0.1) is 34.5 Å². The number of carbonyl (C=O) groups is 3. The van der Waals surface area contributed by atoms with Crippen LogP contribution in [-0.4, -0.2) is 60.8 Å². The van der Waals surface area contributed by atoms with Gasteiger partial charge in [-0.1, -0.05) is 6.07 Å². The number of amides is 3. The zero-order valence-electron chi connectivity index (χ0n) is 27.4. The van der Waals surface area contributed by atoms with E-state index in [2.05, 4.69) is 10.6 Å². The van der Waals surface area contributed by atoms with E-state index in [-0.39, 0.29) is 40.0 Å². The summed E-state index contributed by atoms with van der Waals surface area (Å²) in [6.07, 6.45) is -0.545. The van der Waals surface area contributed by atoms with Crippen molar-refractivity contribution >= 4 is 39.1 Å². The minimum absolute atomic E-state index is 0.00102. The molecule has 1 heterocycles. The van der Waals surface area contributed by atoms with Gasteiger partial charge in [0.15, 0.2) is 21.3 Å². The first-order valence-corrected chi connectivity index (χ1v) is 17.2. The van der Waals surface area contributed by atoms with Gasteiger partial charge in [-0.05, 0) is 107 Å². The third-order valence-electron chi connectivity index (χ3n) is 7.84. The van der Waals surface area contributed by atoms with Gasteiger partial charge in [-0.25, -0.2) is 17.6 Å². The number of hydrogen-bond donors (Lipinski definition) is 4. The number of benzene rings is 3. The van der Waals surface area contributed by atoms with Crippen LogP contribution in [0, 0.1) is 5.82 Å². The second kappa shape index (κ2) is 14.9. The van der Waals surface area contributed by atoms with E-state index < -0.39 is 50.9 Å². The molecule has 1 aliphatic rings. The molecule has 0 unspecified atom stereocenters. The summed E-state index contributed by atoms with van der Waals surface area (Å²) in [6, 6.07) is 11.0. The first kappa shape index (κ1) is 36.0. The average Bonchev–Trinajstić information content (AvgIpc) is 3.50. The predicted molar refractivity (Wildman–Crippen MR) is 179 cm³/mol. The molecule has 0 bridgehead atoms. The Balaban J connectivity index is 1.85. The molecule has 258 valence electrons. The fourth-order valence-corrected chi connectivity index (χ4v) is 6.91. The summed E-state index contributed by atoms with van der Waals surface area (Å²) in [5.41, 5.74) is 6.14. The average molecular weight is 685 g/mol. The van der Waals surface area contributed by atoms with Crippen LogP contribution in [0.25, 0.3) is 0 Å². The molecule has 0 saturated carbocycles. The minimum atomic E-state index is -3.84. The smallest absolute Gasteiger partial charge is 0.409 e. The molecule has 0 spiro atoms. The van der Waals surface area contributed by atoms with Gasteiger partial charge >= 0.3 is 6.09 Å². The summed E-state index contributed by atoms with van der Waals surface area (Å²) in [6.45, 7) is 9.21. The lowest BCUT2D eigenvalue weighted by atomic mass is 10.00. The van der Waals surface area contributed by atoms with Crippen molar-refractivity contribution < 1.29 is 41.8 Å². The molecule has 48 heavy (non-hydrogen) atoms. The van der Waals surface area contributed by atoms with Crippen LogP contribution >= 0.6 is 0 Å². The first-order valence-electron chi connectivity index (χ1n) is 15.6. The van der Waals surface area contributed by atoms with E-state index >= 15 is 0 Å². The molecule has 5 N–H and O–H groups in total. The molecular formula is C34H41FN4O8S. The molecule has 0 radical (unpaired) electrons. The zero-order valence-corrected chi connectivity index (χ0v) is 28.3. The highest BCUT2D eigenvalue weighted by Crippen LogP contribution is 2.41. The van der Waals surface area contributed by atoms with Gasteiger partial charge in [0.2, 0.25) is 5.91 Å². The summed E-state index contributed by atoms with van der Waals surface area (Å²) in [5, 5.41) is 14.0. The highest BCUT2D eigenvalue weighted by atomic mass is 32.2. The zero-order chi connectivity index (χ0) is 35.3. The topological polar surface area (TPSA) is 177 Å². The van der Waals surface area contributed by atoms with Crippen molar-refractivity contribution in [3.05, 3.63) is 77.1 Å². The number of ether oxygens (including phenoxy) is 2. The van der Waals surface area contributed by atoms with Crippen molar-refractivity contribution in [3.63, 3.8) is 0 Å². The maximum absolute atomic E-state index is 14.7. The van der Waals surface area contributed by atoms with Crippen molar-refractivity contribution in [2.45, 2.75) is 75.8 Å². The van der Waals surface area contributed by atoms with Crippen LogP contribution in [-0.2, 0) is 14.6 Å². The molecule has 0 aliphatic carbocycles. The number of nitrogens with one attached hydrogen (secondary N) is 2. The standard InChI is InChI=1S/C34H41FN4O8S/c1-6-46-29-16-21(9-13-28(29)47-19(2)3)31(37-22-10-12-26(35)24(17-22)32(36)40)33(41)39-15-7-8-27(39)25-18-23(38-34(42)43)11-14-30(25)48(44,45)20(4)5/h9-14,16-20,27,31,37-38H,6-8,15H2,1-5H3,(H2,36,40)(H,42,43)/t27-,31-/m1/s1. The molecule has 3 aromatic rings. The van der Waals surface area contributed by atoms with Crippen LogP contribution in [0.2, 0.25) is 0 Å². The lowest BCUT2D eigenvalue weighted by molar-refractivity contribution is -0.133. The van der Waals surface area contributed by atoms with E-state index in [1.165, 1.54) is 30.3 Å². The second-order valence-electron chi connectivity index (χ2n) is 11.9. The Morgan fingerprint density at radius 1 is 1.02 bits per heavy atom. The summed E-state index contributed by atoms with van der Waals surface area (Å²) in [4.78, 5) is 39.6. The molecule has 4 rings (SSSR count). The van der Waals surface area contributed by atoms with E-state index in [9.17, 15) is 32.3 Å². The lowest BCUT2D eigenvalue weighted by Crippen LogP contribution is -2.38. The summed E-state index contributed by atoms with van der Waals surface area (Å²) < 4.78 is 53.1. The Morgan fingerprint density at radius 3 is 2.35 bits per heavy atom.